The second-order valence-corrected chi connectivity index (χ2v) is 17.7. The molecule has 0 saturated heterocycles. The first-order chi connectivity index (χ1) is 33.7. The minimum atomic E-state index is 1.14. The summed E-state index contributed by atoms with van der Waals surface area (Å²) < 4.78 is 4.78. The number of benzene rings is 11. The fourth-order valence-corrected chi connectivity index (χ4v) is 10.4. The average molecular weight is 865 g/mol. The van der Waals surface area contributed by atoms with Gasteiger partial charge in [-0.05, 0) is 140 Å². The average Bonchev–Trinajstić information content (AvgIpc) is 3.94. The van der Waals surface area contributed by atoms with Gasteiger partial charge in [0, 0.05) is 32.9 Å². The first-order valence-electron chi connectivity index (χ1n) is 23.4. The van der Waals surface area contributed by atoms with Gasteiger partial charge in [-0.3, -0.25) is 0 Å². The number of hydrogen-bond acceptors (Lipinski definition) is 0. The summed E-state index contributed by atoms with van der Waals surface area (Å²) in [6.45, 7) is 0. The fourth-order valence-electron chi connectivity index (χ4n) is 10.4. The predicted octanol–water partition coefficient (Wildman–Crippen LogP) is 17.9. The van der Waals surface area contributed by atoms with Crippen molar-refractivity contribution in [3.63, 3.8) is 0 Å². The zero-order valence-electron chi connectivity index (χ0n) is 37.3. The van der Waals surface area contributed by atoms with Gasteiger partial charge in [0.05, 0.1) is 22.1 Å². The van der Waals surface area contributed by atoms with Gasteiger partial charge in [0.15, 0.2) is 0 Å². The van der Waals surface area contributed by atoms with E-state index in [1.165, 1.54) is 116 Å². The van der Waals surface area contributed by atoms with Crippen LogP contribution in [-0.2, 0) is 0 Å². The molecule has 0 N–H and O–H groups in total. The number of rotatable bonds is 8. The maximum Gasteiger partial charge on any atom is 0.0541 e. The molecule has 2 heteroatoms. The summed E-state index contributed by atoms with van der Waals surface area (Å²) >= 11 is 0. The van der Waals surface area contributed by atoms with Crippen molar-refractivity contribution in [2.24, 2.45) is 0 Å². The molecule has 68 heavy (non-hydrogen) atoms. The van der Waals surface area contributed by atoms with E-state index in [1.54, 1.807) is 0 Å². The van der Waals surface area contributed by atoms with E-state index >= 15 is 0 Å². The quantitative estimate of drug-likeness (QED) is 0.144. The fraction of sp³-hybridized carbons (Fsp3) is 0. The Morgan fingerprint density at radius 3 is 1.07 bits per heavy atom. The summed E-state index contributed by atoms with van der Waals surface area (Å²) in [4.78, 5) is 0. The van der Waals surface area contributed by atoms with Crippen molar-refractivity contribution in [1.29, 1.82) is 0 Å². The lowest BCUT2D eigenvalue weighted by molar-refractivity contribution is 1.18. The van der Waals surface area contributed by atoms with Crippen molar-refractivity contribution < 1.29 is 0 Å². The zero-order valence-corrected chi connectivity index (χ0v) is 37.3. The van der Waals surface area contributed by atoms with E-state index in [9.17, 15) is 0 Å². The molecule has 0 atom stereocenters. The molecule has 0 fully saturated rings. The van der Waals surface area contributed by atoms with Gasteiger partial charge in [0.25, 0.3) is 0 Å². The van der Waals surface area contributed by atoms with Gasteiger partial charge in [0.1, 0.15) is 0 Å². The van der Waals surface area contributed by atoms with Crippen molar-refractivity contribution in [3.8, 4) is 78.1 Å². The maximum atomic E-state index is 2.41. The molecule has 0 amide bonds. The van der Waals surface area contributed by atoms with E-state index in [0.717, 1.165) is 5.69 Å². The molecule has 0 aliphatic rings. The van der Waals surface area contributed by atoms with E-state index in [4.69, 9.17) is 0 Å². The molecule has 2 heterocycles. The molecule has 318 valence electrons. The van der Waals surface area contributed by atoms with Crippen molar-refractivity contribution in [2.45, 2.75) is 0 Å². The third-order valence-electron chi connectivity index (χ3n) is 13.8. The number of para-hydroxylation sites is 3. The molecule has 0 aliphatic carbocycles. The second kappa shape index (κ2) is 16.5. The van der Waals surface area contributed by atoms with Gasteiger partial charge >= 0.3 is 0 Å². The molecular formula is C66H44N2. The Hall–Kier alpha value is -8.98. The summed E-state index contributed by atoms with van der Waals surface area (Å²) in [6, 6.07) is 97.2. The van der Waals surface area contributed by atoms with Crippen LogP contribution in [0.3, 0.4) is 0 Å². The van der Waals surface area contributed by atoms with Crippen LogP contribution in [0.1, 0.15) is 0 Å². The lowest BCUT2D eigenvalue weighted by Crippen LogP contribution is -1.94. The van der Waals surface area contributed by atoms with Gasteiger partial charge in [-0.1, -0.05) is 194 Å². The van der Waals surface area contributed by atoms with E-state index in [0.29, 0.717) is 0 Å². The Balaban J connectivity index is 0.788. The lowest BCUT2D eigenvalue weighted by atomic mass is 9.92. The molecule has 0 spiro atoms. The van der Waals surface area contributed by atoms with Crippen LogP contribution in [0.5, 0.6) is 0 Å². The van der Waals surface area contributed by atoms with Crippen LogP contribution in [0, 0.1) is 0 Å². The molecule has 0 aliphatic heterocycles. The largest absolute Gasteiger partial charge is 0.309 e. The number of aromatic nitrogens is 2. The summed E-state index contributed by atoms with van der Waals surface area (Å²) in [6.07, 6.45) is 0. The molecule has 0 unspecified atom stereocenters. The summed E-state index contributed by atoms with van der Waals surface area (Å²) in [5.74, 6) is 0. The zero-order chi connectivity index (χ0) is 45.0. The molecule has 0 saturated carbocycles. The van der Waals surface area contributed by atoms with Gasteiger partial charge in [-0.2, -0.15) is 0 Å². The van der Waals surface area contributed by atoms with Crippen LogP contribution in [0.25, 0.3) is 122 Å². The van der Waals surface area contributed by atoms with E-state index < -0.39 is 0 Å². The molecule has 11 aromatic carbocycles. The third-order valence-corrected chi connectivity index (χ3v) is 13.8. The molecule has 0 bridgehead atoms. The number of nitrogens with zero attached hydrogens (tertiary/aromatic N) is 2. The molecular weight excluding hydrogens is 821 g/mol. The Morgan fingerprint density at radius 1 is 0.176 bits per heavy atom. The maximum absolute atomic E-state index is 2.41. The Morgan fingerprint density at radius 2 is 0.515 bits per heavy atom. The van der Waals surface area contributed by atoms with Crippen LogP contribution >= 0.6 is 0 Å². The van der Waals surface area contributed by atoms with Crippen LogP contribution in [0.2, 0.25) is 0 Å². The molecule has 0 radical (unpaired) electrons. The minimum absolute atomic E-state index is 1.14. The topological polar surface area (TPSA) is 9.86 Å². The normalized spacial score (nSPS) is 11.5. The van der Waals surface area contributed by atoms with Crippen LogP contribution in [0.4, 0.5) is 0 Å². The first kappa shape index (κ1) is 39.4. The van der Waals surface area contributed by atoms with E-state index in [1.807, 2.05) is 0 Å². The molecule has 13 aromatic rings. The highest BCUT2D eigenvalue weighted by Gasteiger charge is 2.17. The predicted molar refractivity (Wildman–Crippen MR) is 288 cm³/mol. The van der Waals surface area contributed by atoms with Crippen molar-refractivity contribution in [3.05, 3.63) is 267 Å². The van der Waals surface area contributed by atoms with Crippen molar-refractivity contribution in [1.82, 2.24) is 9.13 Å². The summed E-state index contributed by atoms with van der Waals surface area (Å²) in [5, 5.41) is 5.01. The van der Waals surface area contributed by atoms with Gasteiger partial charge in [0.2, 0.25) is 0 Å². The van der Waals surface area contributed by atoms with E-state index in [-0.39, 0.29) is 0 Å². The first-order valence-corrected chi connectivity index (χ1v) is 23.4. The highest BCUT2D eigenvalue weighted by Crippen LogP contribution is 2.40. The highest BCUT2D eigenvalue weighted by molar-refractivity contribution is 6.12. The Kier molecular flexibility index (Phi) is 9.54. The van der Waals surface area contributed by atoms with Gasteiger partial charge in [-0.15, -0.1) is 0 Å². The minimum Gasteiger partial charge on any atom is -0.309 e. The summed E-state index contributed by atoms with van der Waals surface area (Å²) in [7, 11) is 0. The SMILES string of the molecule is c1ccc(-c2ccccc2-c2cccc(-c3cccc(-c4ccc(-c5ccc(-n6c7ccccc7c7cc(-c8ccc9c(c8)c8ccccc8n9-c8ccccc8)ccc76)cc5)cc4)c3)c2)cc1. The van der Waals surface area contributed by atoms with Crippen molar-refractivity contribution in [2.75, 3.05) is 0 Å². The number of fused-ring (bicyclic) bond motifs is 6. The smallest absolute Gasteiger partial charge is 0.0541 e. The molecule has 2 aromatic heterocycles. The highest BCUT2D eigenvalue weighted by atomic mass is 15.0. The number of hydrogen-bond donors (Lipinski definition) is 0. The van der Waals surface area contributed by atoms with Crippen LogP contribution < -0.4 is 0 Å². The molecule has 2 nitrogen and oxygen atoms in total. The lowest BCUT2D eigenvalue weighted by Gasteiger charge is -2.12. The van der Waals surface area contributed by atoms with E-state index in [2.05, 4.69) is 276 Å². The van der Waals surface area contributed by atoms with Gasteiger partial charge < -0.3 is 9.13 Å². The monoisotopic (exact) mass is 864 g/mol. The Bertz CT molecular complexity index is 3990. The van der Waals surface area contributed by atoms with Crippen LogP contribution in [0.15, 0.2) is 267 Å². The van der Waals surface area contributed by atoms with Gasteiger partial charge in [-0.25, -0.2) is 0 Å². The Labute approximate surface area is 395 Å². The standard InChI is InChI=1S/C66H44N2/c1-3-15-48(16-4-1)57-23-7-8-24-58(57)54-20-14-19-51(42-54)50-18-13-17-49(41-50)47-31-29-45(30-32-47)46-33-37-56(38-34-46)68-64-28-12-10-26-60(64)62-44-53(36-40-66(62)68)52-35-39-65-61(43-52)59-25-9-11-27-63(59)67(65)55-21-5-2-6-22-55/h1-44H. The van der Waals surface area contributed by atoms with Crippen LogP contribution in [-0.4, -0.2) is 9.13 Å². The third kappa shape index (κ3) is 6.82. The second-order valence-electron chi connectivity index (χ2n) is 17.7. The summed E-state index contributed by atoms with van der Waals surface area (Å²) in [5.41, 5.74) is 21.6. The molecule has 13 rings (SSSR count). The van der Waals surface area contributed by atoms with Crippen molar-refractivity contribution >= 4 is 43.6 Å².